The zero-order valence-electron chi connectivity index (χ0n) is 6.09. The average Bonchev–Trinajstić information content (AvgIpc) is 1.90. The van der Waals surface area contributed by atoms with E-state index in [0.717, 1.165) is 12.8 Å². The minimum Gasteiger partial charge on any atom is -0.381 e. The van der Waals surface area contributed by atoms with Crippen LogP contribution in [0.3, 0.4) is 0 Å². The summed E-state index contributed by atoms with van der Waals surface area (Å²) in [6, 6.07) is 0. The van der Waals surface area contributed by atoms with Crippen LogP contribution in [0.25, 0.3) is 0 Å². The number of rotatable bonds is 1. The molecule has 0 N–H and O–H groups in total. The van der Waals surface area contributed by atoms with Gasteiger partial charge >= 0.3 is 0 Å². The summed E-state index contributed by atoms with van der Waals surface area (Å²) in [6.07, 6.45) is 8.89. The fourth-order valence-corrected chi connectivity index (χ4v) is 0.953. The first-order valence-corrected chi connectivity index (χ1v) is 3.32. The van der Waals surface area contributed by atoms with Crippen molar-refractivity contribution in [1.82, 2.24) is 4.90 Å². The maximum absolute atomic E-state index is 2.26. The van der Waals surface area contributed by atoms with Gasteiger partial charge in [-0.2, -0.15) is 0 Å². The minimum atomic E-state index is 1.10. The highest BCUT2D eigenvalue weighted by Crippen LogP contribution is 2.11. The Labute approximate surface area is 56.7 Å². The van der Waals surface area contributed by atoms with E-state index < -0.39 is 0 Å². The first-order valence-electron chi connectivity index (χ1n) is 3.32. The highest BCUT2D eigenvalue weighted by atomic mass is 15.1. The molecule has 0 saturated carbocycles. The maximum Gasteiger partial charge on any atom is 0.0128 e. The van der Waals surface area contributed by atoms with Gasteiger partial charge in [0.05, 0.1) is 0 Å². The molecule has 0 unspecified atom stereocenters. The Morgan fingerprint density at radius 3 is 2.44 bits per heavy atom. The van der Waals surface area contributed by atoms with Crippen LogP contribution >= 0.6 is 0 Å². The molecule has 1 aliphatic rings. The molecule has 1 rings (SSSR count). The third kappa shape index (κ3) is 1.60. The van der Waals surface area contributed by atoms with E-state index in [1.54, 1.807) is 0 Å². The summed E-state index contributed by atoms with van der Waals surface area (Å²) in [5.74, 6) is 0. The second kappa shape index (κ2) is 2.72. The number of hydrogen-bond acceptors (Lipinski definition) is 1. The summed E-state index contributed by atoms with van der Waals surface area (Å²) in [4.78, 5) is 2.17. The van der Waals surface area contributed by atoms with Crippen LogP contribution in [0.5, 0.6) is 0 Å². The van der Waals surface area contributed by atoms with Crippen molar-refractivity contribution >= 4 is 0 Å². The summed E-state index contributed by atoms with van der Waals surface area (Å²) in [6.45, 7) is 0. The molecule has 0 heterocycles. The van der Waals surface area contributed by atoms with E-state index in [1.807, 2.05) is 0 Å². The SMILES string of the molecule is CN(C)C1=CCC=CC1. The van der Waals surface area contributed by atoms with Crippen LogP contribution in [0.1, 0.15) is 12.8 Å². The molecule has 0 bridgehead atoms. The molecule has 0 fully saturated rings. The Balaban J connectivity index is 2.50. The highest BCUT2D eigenvalue weighted by Gasteiger charge is 1.98. The maximum atomic E-state index is 2.26. The Hall–Kier alpha value is -0.720. The molecule has 0 aromatic rings. The van der Waals surface area contributed by atoms with Crippen LogP contribution in [0.15, 0.2) is 23.9 Å². The molecule has 0 aromatic carbocycles. The summed E-state index contributed by atoms with van der Waals surface area (Å²) < 4.78 is 0. The summed E-state index contributed by atoms with van der Waals surface area (Å²) >= 11 is 0. The first-order chi connectivity index (χ1) is 4.30. The van der Waals surface area contributed by atoms with Crippen molar-refractivity contribution < 1.29 is 0 Å². The third-order valence-electron chi connectivity index (χ3n) is 1.56. The smallest absolute Gasteiger partial charge is 0.0128 e. The van der Waals surface area contributed by atoms with Crippen molar-refractivity contribution in [2.45, 2.75) is 12.8 Å². The van der Waals surface area contributed by atoms with Crippen molar-refractivity contribution in [3.05, 3.63) is 23.9 Å². The minimum absolute atomic E-state index is 1.10. The van der Waals surface area contributed by atoms with Gasteiger partial charge in [0.25, 0.3) is 0 Å². The van der Waals surface area contributed by atoms with E-state index in [9.17, 15) is 0 Å². The molecule has 0 amide bonds. The molecular weight excluding hydrogens is 110 g/mol. The van der Waals surface area contributed by atoms with Gasteiger partial charge < -0.3 is 4.90 Å². The van der Waals surface area contributed by atoms with Gasteiger partial charge in [-0.1, -0.05) is 18.2 Å². The lowest BCUT2D eigenvalue weighted by Gasteiger charge is -2.17. The first kappa shape index (κ1) is 6.40. The van der Waals surface area contributed by atoms with Gasteiger partial charge in [-0.05, 0) is 6.42 Å². The number of nitrogens with zero attached hydrogens (tertiary/aromatic N) is 1. The van der Waals surface area contributed by atoms with E-state index in [-0.39, 0.29) is 0 Å². The lowest BCUT2D eigenvalue weighted by molar-refractivity contribution is 0.497. The van der Waals surface area contributed by atoms with Crippen LogP contribution < -0.4 is 0 Å². The Bertz CT molecular complexity index is 143. The quantitative estimate of drug-likeness (QED) is 0.480. The topological polar surface area (TPSA) is 3.24 Å². The van der Waals surface area contributed by atoms with Gasteiger partial charge in [-0.3, -0.25) is 0 Å². The molecule has 0 saturated heterocycles. The normalized spacial score (nSPS) is 17.3. The van der Waals surface area contributed by atoms with Crippen molar-refractivity contribution in [3.63, 3.8) is 0 Å². The molecule has 0 aromatic heterocycles. The summed E-state index contributed by atoms with van der Waals surface area (Å²) in [5, 5.41) is 0. The Morgan fingerprint density at radius 1 is 1.33 bits per heavy atom. The van der Waals surface area contributed by atoms with Crippen LogP contribution in [-0.4, -0.2) is 19.0 Å². The van der Waals surface area contributed by atoms with Crippen molar-refractivity contribution in [1.29, 1.82) is 0 Å². The van der Waals surface area contributed by atoms with Crippen molar-refractivity contribution in [2.24, 2.45) is 0 Å². The van der Waals surface area contributed by atoms with Crippen LogP contribution in [-0.2, 0) is 0 Å². The molecular formula is C8H13N. The molecule has 1 aliphatic carbocycles. The molecule has 0 atom stereocenters. The average molecular weight is 123 g/mol. The van der Waals surface area contributed by atoms with Gasteiger partial charge in [0.1, 0.15) is 0 Å². The van der Waals surface area contributed by atoms with Crippen molar-refractivity contribution in [2.75, 3.05) is 14.1 Å². The third-order valence-corrected chi connectivity index (χ3v) is 1.56. The molecule has 0 radical (unpaired) electrons. The van der Waals surface area contributed by atoms with Gasteiger partial charge in [-0.15, -0.1) is 0 Å². The zero-order valence-corrected chi connectivity index (χ0v) is 6.09. The second-order valence-electron chi connectivity index (χ2n) is 2.50. The van der Waals surface area contributed by atoms with Crippen molar-refractivity contribution in [3.8, 4) is 0 Å². The lowest BCUT2D eigenvalue weighted by atomic mass is 10.1. The zero-order chi connectivity index (χ0) is 6.69. The molecule has 0 aliphatic heterocycles. The number of hydrogen-bond donors (Lipinski definition) is 0. The van der Waals surface area contributed by atoms with Crippen LogP contribution in [0.2, 0.25) is 0 Å². The Kier molecular flexibility index (Phi) is 1.93. The van der Waals surface area contributed by atoms with Crippen LogP contribution in [0, 0.1) is 0 Å². The van der Waals surface area contributed by atoms with Gasteiger partial charge in [0, 0.05) is 26.2 Å². The van der Waals surface area contributed by atoms with Gasteiger partial charge in [-0.25, -0.2) is 0 Å². The predicted molar refractivity (Wildman–Crippen MR) is 40.1 cm³/mol. The second-order valence-corrected chi connectivity index (χ2v) is 2.50. The van der Waals surface area contributed by atoms with E-state index in [4.69, 9.17) is 0 Å². The van der Waals surface area contributed by atoms with Crippen LogP contribution in [0.4, 0.5) is 0 Å². The van der Waals surface area contributed by atoms with E-state index in [2.05, 4.69) is 37.2 Å². The number of allylic oxidation sites excluding steroid dienone is 3. The highest BCUT2D eigenvalue weighted by molar-refractivity contribution is 5.12. The summed E-state index contributed by atoms with van der Waals surface area (Å²) in [5.41, 5.74) is 1.43. The summed E-state index contributed by atoms with van der Waals surface area (Å²) in [7, 11) is 4.18. The monoisotopic (exact) mass is 123 g/mol. The van der Waals surface area contributed by atoms with E-state index in [0.29, 0.717) is 0 Å². The predicted octanol–water partition coefficient (Wildman–Crippen LogP) is 1.78. The molecule has 50 valence electrons. The van der Waals surface area contributed by atoms with Gasteiger partial charge in [0.15, 0.2) is 0 Å². The fourth-order valence-electron chi connectivity index (χ4n) is 0.953. The standard InChI is InChI=1S/C8H13N/c1-9(2)8-6-4-3-5-7-8/h3-4,7H,5-6H2,1-2H3. The van der Waals surface area contributed by atoms with E-state index in [1.165, 1.54) is 5.70 Å². The van der Waals surface area contributed by atoms with E-state index >= 15 is 0 Å². The fraction of sp³-hybridized carbons (Fsp3) is 0.500. The molecule has 9 heavy (non-hydrogen) atoms. The lowest BCUT2D eigenvalue weighted by Crippen LogP contribution is -2.11. The van der Waals surface area contributed by atoms with Gasteiger partial charge in [0.2, 0.25) is 0 Å². The Morgan fingerprint density at radius 2 is 2.11 bits per heavy atom. The molecule has 0 spiro atoms. The molecule has 1 nitrogen and oxygen atoms in total. The largest absolute Gasteiger partial charge is 0.381 e. The molecule has 1 heteroatoms.